The van der Waals surface area contributed by atoms with Crippen molar-refractivity contribution >= 4 is 6.29 Å². The molecule has 5 nitrogen and oxygen atoms in total. The molecule has 8 heteroatoms. The summed E-state index contributed by atoms with van der Waals surface area (Å²) in [5, 5.41) is 7.00. The molecular weight excluding hydrogens is 445 g/mol. The van der Waals surface area contributed by atoms with Crippen LogP contribution in [-0.4, -0.2) is 41.5 Å². The van der Waals surface area contributed by atoms with E-state index in [0.29, 0.717) is 29.1 Å². The summed E-state index contributed by atoms with van der Waals surface area (Å²) in [6.07, 6.45) is 1.34. The number of ether oxygens (including phenoxy) is 1. The molecule has 2 aromatic rings. The number of hydrogen-bond donors (Lipinski definition) is 1. The number of aliphatic hydroxyl groups is 1. The third kappa shape index (κ3) is 6.57. The molecule has 1 aliphatic heterocycles. The van der Waals surface area contributed by atoms with Gasteiger partial charge in [-0.2, -0.15) is 13.2 Å². The van der Waals surface area contributed by atoms with E-state index in [-0.39, 0.29) is 18.4 Å². The summed E-state index contributed by atoms with van der Waals surface area (Å²) in [4.78, 5) is 17.4. The van der Waals surface area contributed by atoms with Crippen molar-refractivity contribution in [1.29, 1.82) is 0 Å². The van der Waals surface area contributed by atoms with E-state index in [4.69, 9.17) is 9.84 Å². The Morgan fingerprint density at radius 2 is 1.82 bits per heavy atom. The summed E-state index contributed by atoms with van der Waals surface area (Å²) in [6.45, 7) is 4.06. The Hall–Kier alpha value is -2.45. The molecule has 1 N–H and O–H groups in total. The molecule has 1 aromatic heterocycles. The van der Waals surface area contributed by atoms with Crippen LogP contribution in [0.5, 0.6) is 5.75 Å². The van der Waals surface area contributed by atoms with Gasteiger partial charge in [0.25, 0.3) is 0 Å². The smallest absolute Gasteiger partial charge is 0.416 e. The lowest BCUT2D eigenvalue weighted by Gasteiger charge is -2.35. The minimum absolute atomic E-state index is 0.0115. The Balaban J connectivity index is 0.00000158. The Labute approximate surface area is 199 Å². The predicted molar refractivity (Wildman–Crippen MR) is 124 cm³/mol. The van der Waals surface area contributed by atoms with Crippen LogP contribution in [-0.2, 0) is 24.1 Å². The number of pyridine rings is 1. The number of aromatic nitrogens is 1. The topological polar surface area (TPSA) is 62.7 Å². The fraction of sp³-hybridized carbons (Fsp3) is 0.538. The summed E-state index contributed by atoms with van der Waals surface area (Å²) in [5.74, 6) is 0.667. The number of likely N-dealkylation sites (tertiary alicyclic amines) is 1. The second-order valence-corrected chi connectivity index (χ2v) is 9.02. The third-order valence-electron chi connectivity index (χ3n) is 6.52. The molecule has 34 heavy (non-hydrogen) atoms. The van der Waals surface area contributed by atoms with E-state index >= 15 is 0 Å². The van der Waals surface area contributed by atoms with Crippen molar-refractivity contribution in [2.45, 2.75) is 64.3 Å². The number of carbonyl (C=O) groups is 1. The average molecular weight is 479 g/mol. The summed E-state index contributed by atoms with van der Waals surface area (Å²) in [7, 11) is 1.00. The van der Waals surface area contributed by atoms with E-state index in [1.165, 1.54) is 6.07 Å². The van der Waals surface area contributed by atoms with Crippen molar-refractivity contribution in [1.82, 2.24) is 9.88 Å². The van der Waals surface area contributed by atoms with Gasteiger partial charge in [-0.05, 0) is 55.0 Å². The van der Waals surface area contributed by atoms with E-state index < -0.39 is 11.7 Å². The van der Waals surface area contributed by atoms with Gasteiger partial charge < -0.3 is 14.6 Å². The molecule has 1 saturated heterocycles. The van der Waals surface area contributed by atoms with Crippen LogP contribution >= 0.6 is 0 Å². The number of nitrogens with zero attached hydrogens (tertiary/aromatic N) is 2. The van der Waals surface area contributed by atoms with Crippen LogP contribution in [0.1, 0.15) is 66.1 Å². The largest absolute Gasteiger partial charge is 0.487 e. The number of alkyl halides is 3. The molecule has 0 atom stereocenters. The van der Waals surface area contributed by atoms with Gasteiger partial charge in [0.15, 0.2) is 0 Å². The van der Waals surface area contributed by atoms with Gasteiger partial charge in [0.2, 0.25) is 0 Å². The highest BCUT2D eigenvalue weighted by molar-refractivity contribution is 5.55. The van der Waals surface area contributed by atoms with Gasteiger partial charge in [0, 0.05) is 32.7 Å². The number of aryl methyl sites for hydroxylation is 1. The van der Waals surface area contributed by atoms with Crippen LogP contribution in [0, 0.1) is 12.8 Å². The second kappa shape index (κ2) is 11.8. The van der Waals surface area contributed by atoms with Crippen LogP contribution in [0.25, 0.3) is 0 Å². The first-order chi connectivity index (χ1) is 16.3. The highest BCUT2D eigenvalue weighted by Crippen LogP contribution is 2.41. The maximum atomic E-state index is 13.8. The lowest BCUT2D eigenvalue weighted by atomic mass is 9.81. The van der Waals surface area contributed by atoms with Gasteiger partial charge in [-0.3, -0.25) is 9.88 Å². The van der Waals surface area contributed by atoms with Gasteiger partial charge in [-0.25, -0.2) is 0 Å². The van der Waals surface area contributed by atoms with Gasteiger partial charge in [0.05, 0.1) is 17.0 Å². The molecule has 0 unspecified atom stereocenters. The van der Waals surface area contributed by atoms with Crippen molar-refractivity contribution < 1.29 is 27.8 Å². The fourth-order valence-electron chi connectivity index (χ4n) is 4.76. The van der Waals surface area contributed by atoms with Crippen molar-refractivity contribution in [3.8, 4) is 5.75 Å². The fourth-order valence-corrected chi connectivity index (χ4v) is 4.76. The molecule has 2 fully saturated rings. The zero-order valence-corrected chi connectivity index (χ0v) is 19.8. The molecule has 0 bridgehead atoms. The van der Waals surface area contributed by atoms with Gasteiger partial charge in [-0.1, -0.05) is 31.4 Å². The van der Waals surface area contributed by atoms with Gasteiger partial charge >= 0.3 is 6.18 Å². The molecule has 1 aliphatic carbocycles. The normalized spacial score (nSPS) is 17.5. The van der Waals surface area contributed by atoms with Crippen LogP contribution in [0.2, 0.25) is 0 Å². The minimum Gasteiger partial charge on any atom is -0.487 e. The number of benzene rings is 1. The number of rotatable bonds is 7. The van der Waals surface area contributed by atoms with Crippen LogP contribution in [0.15, 0.2) is 30.3 Å². The number of aldehydes is 1. The van der Waals surface area contributed by atoms with Crippen molar-refractivity contribution in [3.05, 3.63) is 58.4 Å². The van der Waals surface area contributed by atoms with Gasteiger partial charge in [-0.15, -0.1) is 0 Å². The minimum atomic E-state index is -4.37. The standard InChI is InChI=1S/C25H29F3N2O2.CH4O/c1-17-24(10-8-21(29-17)14-30-12-19(13-30)15-31)32-16-18-7-9-22(20-5-3-2-4-6-20)23(11-18)25(26,27)28;1-2/h7-11,15,19-20H,2-6,12-14,16H2,1H3;2H,1H3. The van der Waals surface area contributed by atoms with E-state index in [1.54, 1.807) is 12.1 Å². The van der Waals surface area contributed by atoms with Crippen molar-refractivity contribution in [2.24, 2.45) is 5.92 Å². The van der Waals surface area contributed by atoms with E-state index in [1.807, 2.05) is 19.1 Å². The summed E-state index contributed by atoms with van der Waals surface area (Å²) in [6, 6.07) is 8.32. The first-order valence-corrected chi connectivity index (χ1v) is 11.7. The highest BCUT2D eigenvalue weighted by atomic mass is 19.4. The Morgan fingerprint density at radius 1 is 1.12 bits per heavy atom. The number of hydrogen-bond acceptors (Lipinski definition) is 5. The van der Waals surface area contributed by atoms with Crippen molar-refractivity contribution in [2.75, 3.05) is 20.2 Å². The maximum Gasteiger partial charge on any atom is 0.416 e. The first-order valence-electron chi connectivity index (χ1n) is 11.7. The zero-order chi connectivity index (χ0) is 24.7. The molecule has 4 rings (SSSR count). The van der Waals surface area contributed by atoms with E-state index in [2.05, 4.69) is 9.88 Å². The van der Waals surface area contributed by atoms with Crippen molar-refractivity contribution in [3.63, 3.8) is 0 Å². The SMILES string of the molecule is CO.Cc1nc(CN2CC(C=O)C2)ccc1OCc1ccc(C2CCCCC2)c(C(F)(F)F)c1. The second-order valence-electron chi connectivity index (χ2n) is 9.02. The molecular formula is C26H33F3N2O3. The van der Waals surface area contributed by atoms with Crippen LogP contribution in [0.4, 0.5) is 13.2 Å². The van der Waals surface area contributed by atoms with Crippen LogP contribution < -0.4 is 4.74 Å². The highest BCUT2D eigenvalue weighted by Gasteiger charge is 2.35. The number of aliphatic hydroxyl groups excluding tert-OH is 1. The molecule has 186 valence electrons. The Morgan fingerprint density at radius 3 is 2.44 bits per heavy atom. The molecule has 2 aliphatic rings. The molecule has 0 amide bonds. The Kier molecular flexibility index (Phi) is 9.08. The lowest BCUT2D eigenvalue weighted by molar-refractivity contribution is -0.138. The molecule has 0 spiro atoms. The summed E-state index contributed by atoms with van der Waals surface area (Å²) >= 11 is 0. The van der Waals surface area contributed by atoms with Crippen LogP contribution in [0.3, 0.4) is 0 Å². The zero-order valence-electron chi connectivity index (χ0n) is 19.8. The first kappa shape index (κ1) is 26.2. The molecule has 0 radical (unpaired) electrons. The average Bonchev–Trinajstić information content (AvgIpc) is 2.81. The predicted octanol–water partition coefficient (Wildman–Crippen LogP) is 5.27. The monoisotopic (exact) mass is 478 g/mol. The number of carbonyl (C=O) groups excluding carboxylic acids is 1. The lowest BCUT2D eigenvalue weighted by Crippen LogP contribution is -2.46. The van der Waals surface area contributed by atoms with E-state index in [9.17, 15) is 18.0 Å². The third-order valence-corrected chi connectivity index (χ3v) is 6.52. The van der Waals surface area contributed by atoms with E-state index in [0.717, 1.165) is 64.3 Å². The van der Waals surface area contributed by atoms with Gasteiger partial charge in [0.1, 0.15) is 18.6 Å². The summed E-state index contributed by atoms with van der Waals surface area (Å²) in [5.41, 5.74) is 1.98. The quantitative estimate of drug-likeness (QED) is 0.549. The summed E-state index contributed by atoms with van der Waals surface area (Å²) < 4.78 is 47.1. The maximum absolute atomic E-state index is 13.8. The molecule has 1 aromatic carbocycles. The molecule has 1 saturated carbocycles. The molecule has 2 heterocycles. The Bertz CT molecular complexity index is 953. The number of halogens is 3.